The van der Waals surface area contributed by atoms with Crippen molar-refractivity contribution >= 4 is 88.2 Å². The van der Waals surface area contributed by atoms with Crippen molar-refractivity contribution in [3.05, 3.63) is 0 Å². The summed E-state index contributed by atoms with van der Waals surface area (Å²) in [5.41, 5.74) is 0. The first-order valence-corrected chi connectivity index (χ1v) is 2.10. The number of hydrogen-bond donors (Lipinski definition) is 2. The van der Waals surface area contributed by atoms with Gasteiger partial charge in [-0.15, -0.1) is 17.0 Å². The monoisotopic (exact) mass is 246 g/mol. The fourth-order valence-corrected chi connectivity index (χ4v) is 0. The second-order valence-electron chi connectivity index (χ2n) is 0.448. The van der Waals surface area contributed by atoms with Gasteiger partial charge in [-0.3, -0.25) is 9.11 Å². The molecule has 0 saturated carbocycles. The molecular weight excluding hydrogens is 240 g/mol. The molecule has 0 amide bonds. The third-order valence-corrected chi connectivity index (χ3v) is 0. The van der Waals surface area contributed by atoms with Crippen LogP contribution in [0, 0.1) is 0 Å². The van der Waals surface area contributed by atoms with Gasteiger partial charge < -0.3 is 5.71 Å². The van der Waals surface area contributed by atoms with Crippen molar-refractivity contribution in [2.45, 2.75) is 0 Å². The zero-order valence-corrected chi connectivity index (χ0v) is 10.1. The predicted octanol–water partition coefficient (Wildman–Crippen LogP) is -0.386. The van der Waals surface area contributed by atoms with Gasteiger partial charge in [0.2, 0.25) is 0 Å². The van der Waals surface area contributed by atoms with Crippen LogP contribution in [0.4, 0.5) is 0 Å². The van der Waals surface area contributed by atoms with Crippen LogP contribution >= 0.6 is 17.0 Å². The van der Waals surface area contributed by atoms with Crippen LogP contribution in [-0.2, 0) is 10.4 Å². The first kappa shape index (κ1) is 22.4. The van der Waals surface area contributed by atoms with E-state index in [2.05, 4.69) is 0 Å². The molecule has 8 heavy (non-hydrogen) atoms. The summed E-state index contributed by atoms with van der Waals surface area (Å²) in [5.74, 6) is 0. The van der Waals surface area contributed by atoms with E-state index in [0.717, 1.165) is 0 Å². The minimum absolute atomic E-state index is 0. The van der Waals surface area contributed by atoms with Crippen molar-refractivity contribution in [1.29, 1.82) is 0 Å². The summed E-state index contributed by atoms with van der Waals surface area (Å²) in [6.45, 7) is 0. The maximum absolute atomic E-state index is 8.74. The van der Waals surface area contributed by atoms with E-state index < -0.39 is 10.4 Å². The third-order valence-electron chi connectivity index (χ3n) is 0. The SMILES string of the molecule is Br.O=S(=O)(O)O.[Ca+2].[H-].[H-].[H-].[H-].[Mg+2]. The normalized spacial score (nSPS) is 7.25. The first-order valence-electron chi connectivity index (χ1n) is 0.698. The molecule has 0 fully saturated rings. The molecule has 0 radical (unpaired) electrons. The third kappa shape index (κ3) is 80.7. The molecule has 2 N–H and O–H groups in total. The molecule has 0 aromatic carbocycles. The second kappa shape index (κ2) is 9.38. The van der Waals surface area contributed by atoms with Crippen LogP contribution in [-0.4, -0.2) is 78.3 Å². The molecule has 4 nitrogen and oxygen atoms in total. The Labute approximate surface area is 110 Å². The number of hydrogen-bond acceptors (Lipinski definition) is 2. The van der Waals surface area contributed by atoms with Gasteiger partial charge in [0.05, 0.1) is 0 Å². The van der Waals surface area contributed by atoms with E-state index in [1.807, 2.05) is 0 Å². The summed E-state index contributed by atoms with van der Waals surface area (Å²) in [4.78, 5) is 0. The van der Waals surface area contributed by atoms with E-state index >= 15 is 0 Å². The Balaban J connectivity index is -0.00000000381. The molecule has 0 rings (SSSR count). The summed E-state index contributed by atoms with van der Waals surface area (Å²) in [7, 11) is -4.67. The molecule has 0 bridgehead atoms. The van der Waals surface area contributed by atoms with Gasteiger partial charge in [-0.1, -0.05) is 0 Å². The molecule has 0 aliphatic rings. The Hall–Kier alpha value is 2.38. The summed E-state index contributed by atoms with van der Waals surface area (Å²) in [5, 5.41) is 0. The van der Waals surface area contributed by atoms with Gasteiger partial charge >= 0.3 is 71.2 Å². The van der Waals surface area contributed by atoms with E-state index in [1.165, 1.54) is 0 Å². The van der Waals surface area contributed by atoms with Gasteiger partial charge in [0.15, 0.2) is 0 Å². The topological polar surface area (TPSA) is 74.6 Å². The molecular formula is H7BrCaMgO4S. The van der Waals surface area contributed by atoms with Gasteiger partial charge in [-0.25, -0.2) is 0 Å². The van der Waals surface area contributed by atoms with Crippen LogP contribution in [0.2, 0.25) is 0 Å². The van der Waals surface area contributed by atoms with Crippen LogP contribution in [0.15, 0.2) is 0 Å². The van der Waals surface area contributed by atoms with Crippen LogP contribution in [0.5, 0.6) is 0 Å². The second-order valence-corrected chi connectivity index (χ2v) is 1.34. The minimum Gasteiger partial charge on any atom is -1.00 e. The van der Waals surface area contributed by atoms with Crippen molar-refractivity contribution < 1.29 is 23.2 Å². The maximum Gasteiger partial charge on any atom is 2.00 e. The average molecular weight is 247 g/mol. The van der Waals surface area contributed by atoms with Crippen LogP contribution in [0.3, 0.4) is 0 Å². The van der Waals surface area contributed by atoms with Gasteiger partial charge in [0, 0.05) is 0 Å². The zero-order chi connectivity index (χ0) is 4.50. The van der Waals surface area contributed by atoms with Crippen LogP contribution in [0.25, 0.3) is 0 Å². The van der Waals surface area contributed by atoms with E-state index in [4.69, 9.17) is 17.5 Å². The van der Waals surface area contributed by atoms with E-state index in [9.17, 15) is 0 Å². The van der Waals surface area contributed by atoms with Crippen molar-refractivity contribution in [2.24, 2.45) is 0 Å². The van der Waals surface area contributed by atoms with Crippen LogP contribution < -0.4 is 0 Å². The van der Waals surface area contributed by atoms with Gasteiger partial charge in [-0.2, -0.15) is 8.42 Å². The first-order chi connectivity index (χ1) is 2.00. The Bertz CT molecular complexity index is 110. The summed E-state index contributed by atoms with van der Waals surface area (Å²) in [6, 6.07) is 0. The summed E-state index contributed by atoms with van der Waals surface area (Å²) >= 11 is 0. The van der Waals surface area contributed by atoms with Gasteiger partial charge in [-0.05, 0) is 0 Å². The molecule has 48 valence electrons. The molecule has 0 aromatic rings. The summed E-state index contributed by atoms with van der Waals surface area (Å²) in [6.07, 6.45) is 0. The molecule has 0 spiro atoms. The quantitative estimate of drug-likeness (QED) is 0.452. The molecule has 0 aliphatic heterocycles. The van der Waals surface area contributed by atoms with Gasteiger partial charge in [0.1, 0.15) is 0 Å². The standard InChI is InChI=1S/BrH.Ca.Mg.H2O4S.4H/c;;;1-5(2,3)4;;;;/h1H;;;(H2,1,2,3,4);;;;/q;2*+2;;4*-1. The Morgan fingerprint density at radius 2 is 1.25 bits per heavy atom. The van der Waals surface area contributed by atoms with Crippen molar-refractivity contribution in [1.82, 2.24) is 0 Å². The van der Waals surface area contributed by atoms with Gasteiger partial charge in [0.25, 0.3) is 0 Å². The molecule has 0 unspecified atom stereocenters. The smallest absolute Gasteiger partial charge is 1.00 e. The fraction of sp³-hybridized carbons (Fsp3) is 0. The van der Waals surface area contributed by atoms with E-state index in [-0.39, 0.29) is 83.5 Å². The minimum atomic E-state index is -4.67. The molecule has 8 heteroatoms. The largest absolute Gasteiger partial charge is 2.00 e. The predicted molar refractivity (Wildman–Crippen MR) is 40.5 cm³/mol. The summed E-state index contributed by atoms with van der Waals surface area (Å²) < 4.78 is 31.6. The molecule has 0 aliphatic carbocycles. The fourth-order valence-electron chi connectivity index (χ4n) is 0. The molecule has 0 heterocycles. The van der Waals surface area contributed by atoms with E-state index in [1.54, 1.807) is 0 Å². The number of rotatable bonds is 0. The Kier molecular flexibility index (Phi) is 26.3. The Morgan fingerprint density at radius 3 is 1.25 bits per heavy atom. The maximum atomic E-state index is 8.74. The average Bonchev–Trinajstić information content (AvgIpc) is 0.722. The van der Waals surface area contributed by atoms with Crippen molar-refractivity contribution in [3.8, 4) is 0 Å². The van der Waals surface area contributed by atoms with E-state index in [0.29, 0.717) is 0 Å². The van der Waals surface area contributed by atoms with Crippen molar-refractivity contribution in [3.63, 3.8) is 0 Å². The number of halogens is 1. The zero-order valence-electron chi connectivity index (χ0n) is 7.94. The van der Waals surface area contributed by atoms with Crippen molar-refractivity contribution in [2.75, 3.05) is 0 Å². The molecule has 0 aromatic heterocycles. The molecule has 0 saturated heterocycles. The molecule has 0 atom stereocenters. The Morgan fingerprint density at radius 1 is 1.25 bits per heavy atom. The van der Waals surface area contributed by atoms with Crippen LogP contribution in [0.1, 0.15) is 5.71 Å².